The van der Waals surface area contributed by atoms with Crippen molar-refractivity contribution in [1.29, 1.82) is 0 Å². The summed E-state index contributed by atoms with van der Waals surface area (Å²) < 4.78 is 6.76. The van der Waals surface area contributed by atoms with Gasteiger partial charge in [-0.05, 0) is 67.8 Å². The second-order valence-electron chi connectivity index (χ2n) is 8.72. The van der Waals surface area contributed by atoms with Gasteiger partial charge in [-0.15, -0.1) is 0 Å². The fourth-order valence-corrected chi connectivity index (χ4v) is 4.04. The van der Waals surface area contributed by atoms with Crippen molar-refractivity contribution in [2.75, 3.05) is 6.61 Å². The molecular weight excluding hydrogens is 528 g/mol. The standard InChI is InChI=1S/C28H30BrClN2O3/c1-19(2)31-28(34)26(16-21-7-5-4-6-8-21)32(17-22-9-11-23(29)12-10-22)27(33)18-35-24-13-14-25(30)20(3)15-24/h4-15,19,26H,16-18H2,1-3H3,(H,31,34)/t26-/m1/s1. The fourth-order valence-electron chi connectivity index (χ4n) is 3.66. The highest BCUT2D eigenvalue weighted by Gasteiger charge is 2.31. The monoisotopic (exact) mass is 556 g/mol. The zero-order chi connectivity index (χ0) is 25.4. The minimum Gasteiger partial charge on any atom is -0.484 e. The van der Waals surface area contributed by atoms with E-state index < -0.39 is 6.04 Å². The molecule has 1 N–H and O–H groups in total. The maximum Gasteiger partial charge on any atom is 0.261 e. The summed E-state index contributed by atoms with van der Waals surface area (Å²) in [6.07, 6.45) is 0.391. The molecule has 0 spiro atoms. The number of benzene rings is 3. The predicted octanol–water partition coefficient (Wildman–Crippen LogP) is 5.95. The quantitative estimate of drug-likeness (QED) is 0.335. The third kappa shape index (κ3) is 8.11. The van der Waals surface area contributed by atoms with Crippen LogP contribution in [0.1, 0.15) is 30.5 Å². The Hall–Kier alpha value is -2.83. The molecule has 0 aliphatic carbocycles. The topological polar surface area (TPSA) is 58.6 Å². The molecule has 184 valence electrons. The van der Waals surface area contributed by atoms with E-state index in [1.807, 2.05) is 75.4 Å². The molecule has 0 bridgehead atoms. The van der Waals surface area contributed by atoms with Gasteiger partial charge in [0.1, 0.15) is 11.8 Å². The minimum absolute atomic E-state index is 0.0568. The smallest absolute Gasteiger partial charge is 0.261 e. The molecule has 0 saturated carbocycles. The van der Waals surface area contributed by atoms with E-state index in [0.717, 1.165) is 21.2 Å². The zero-order valence-electron chi connectivity index (χ0n) is 20.1. The first kappa shape index (κ1) is 26.8. The molecule has 2 amide bonds. The SMILES string of the molecule is Cc1cc(OCC(=O)N(Cc2ccc(Br)cc2)[C@H](Cc2ccccc2)C(=O)NC(C)C)ccc1Cl. The van der Waals surface area contributed by atoms with Gasteiger partial charge >= 0.3 is 0 Å². The number of hydrogen-bond donors (Lipinski definition) is 1. The van der Waals surface area contributed by atoms with E-state index in [1.165, 1.54) is 0 Å². The van der Waals surface area contributed by atoms with Crippen molar-refractivity contribution >= 4 is 39.3 Å². The summed E-state index contributed by atoms with van der Waals surface area (Å²) in [6.45, 7) is 5.77. The minimum atomic E-state index is -0.702. The van der Waals surface area contributed by atoms with Crippen LogP contribution >= 0.6 is 27.5 Å². The highest BCUT2D eigenvalue weighted by atomic mass is 79.9. The van der Waals surface area contributed by atoms with E-state index in [2.05, 4.69) is 21.2 Å². The van der Waals surface area contributed by atoms with Gasteiger partial charge in [-0.2, -0.15) is 0 Å². The van der Waals surface area contributed by atoms with E-state index in [1.54, 1.807) is 23.1 Å². The van der Waals surface area contributed by atoms with E-state index in [0.29, 0.717) is 17.2 Å². The lowest BCUT2D eigenvalue weighted by Crippen LogP contribution is -2.52. The average molecular weight is 558 g/mol. The molecule has 0 aliphatic heterocycles. The molecule has 0 fully saturated rings. The normalized spacial score (nSPS) is 11.7. The zero-order valence-corrected chi connectivity index (χ0v) is 22.5. The summed E-state index contributed by atoms with van der Waals surface area (Å²) in [4.78, 5) is 28.5. The first-order chi connectivity index (χ1) is 16.7. The van der Waals surface area contributed by atoms with Crippen LogP contribution in [0.2, 0.25) is 5.02 Å². The highest BCUT2D eigenvalue weighted by Crippen LogP contribution is 2.22. The first-order valence-corrected chi connectivity index (χ1v) is 12.7. The van der Waals surface area contributed by atoms with Crippen LogP contribution in [0.3, 0.4) is 0 Å². The van der Waals surface area contributed by atoms with Gasteiger partial charge in [0.05, 0.1) is 0 Å². The Morgan fingerprint density at radius 3 is 2.31 bits per heavy atom. The molecule has 3 rings (SSSR count). The van der Waals surface area contributed by atoms with Crippen molar-refractivity contribution in [3.05, 3.63) is 99.0 Å². The van der Waals surface area contributed by atoms with Gasteiger partial charge in [-0.25, -0.2) is 0 Å². The molecule has 3 aromatic rings. The Kier molecular flexibility index (Phi) is 9.75. The average Bonchev–Trinajstić information content (AvgIpc) is 2.83. The molecule has 0 aromatic heterocycles. The molecule has 35 heavy (non-hydrogen) atoms. The number of nitrogens with one attached hydrogen (secondary N) is 1. The Balaban J connectivity index is 1.90. The van der Waals surface area contributed by atoms with Gasteiger partial charge < -0.3 is 15.0 Å². The van der Waals surface area contributed by atoms with Crippen LogP contribution in [0.25, 0.3) is 0 Å². The number of halogens is 2. The van der Waals surface area contributed by atoms with Crippen LogP contribution in [-0.4, -0.2) is 35.4 Å². The van der Waals surface area contributed by atoms with E-state index in [9.17, 15) is 9.59 Å². The van der Waals surface area contributed by atoms with Crippen LogP contribution in [0.15, 0.2) is 77.3 Å². The van der Waals surface area contributed by atoms with Gasteiger partial charge in [0.2, 0.25) is 5.91 Å². The Bertz CT molecular complexity index is 1140. The lowest BCUT2D eigenvalue weighted by atomic mass is 10.0. The van der Waals surface area contributed by atoms with Gasteiger partial charge in [0.15, 0.2) is 6.61 Å². The molecule has 0 heterocycles. The summed E-state index contributed by atoms with van der Waals surface area (Å²) in [6, 6.07) is 21.9. The second kappa shape index (κ2) is 12.8. The number of aryl methyl sites for hydroxylation is 1. The number of nitrogens with zero attached hydrogens (tertiary/aromatic N) is 1. The largest absolute Gasteiger partial charge is 0.484 e. The molecule has 7 heteroatoms. The van der Waals surface area contributed by atoms with Gasteiger partial charge in [0.25, 0.3) is 5.91 Å². The number of carbonyl (C=O) groups excluding carboxylic acids is 2. The number of hydrogen-bond acceptors (Lipinski definition) is 3. The van der Waals surface area contributed by atoms with E-state index in [4.69, 9.17) is 16.3 Å². The van der Waals surface area contributed by atoms with Crippen molar-refractivity contribution in [1.82, 2.24) is 10.2 Å². The summed E-state index contributed by atoms with van der Waals surface area (Å²) in [5, 5.41) is 3.62. The van der Waals surface area contributed by atoms with Crippen LogP contribution in [-0.2, 0) is 22.6 Å². The Morgan fingerprint density at radius 1 is 1.00 bits per heavy atom. The molecule has 0 saturated heterocycles. The summed E-state index contributed by atoms with van der Waals surface area (Å²) in [5.41, 5.74) is 2.75. The number of rotatable bonds is 10. The van der Waals surface area contributed by atoms with Crippen molar-refractivity contribution in [3.8, 4) is 5.75 Å². The fraction of sp³-hybridized carbons (Fsp3) is 0.286. The molecule has 5 nitrogen and oxygen atoms in total. The number of ether oxygens (including phenoxy) is 1. The number of carbonyl (C=O) groups is 2. The molecule has 0 unspecified atom stereocenters. The van der Waals surface area contributed by atoms with Gasteiger partial charge in [0, 0.05) is 28.5 Å². The van der Waals surface area contributed by atoms with Crippen LogP contribution in [0.5, 0.6) is 5.75 Å². The molecular formula is C28H30BrClN2O3. The second-order valence-corrected chi connectivity index (χ2v) is 10.0. The summed E-state index contributed by atoms with van der Waals surface area (Å²) in [5.74, 6) is 0.0760. The van der Waals surface area contributed by atoms with Crippen LogP contribution in [0.4, 0.5) is 0 Å². The lowest BCUT2D eigenvalue weighted by molar-refractivity contribution is -0.143. The maximum absolute atomic E-state index is 13.5. The van der Waals surface area contributed by atoms with Crippen molar-refractivity contribution in [2.24, 2.45) is 0 Å². The van der Waals surface area contributed by atoms with E-state index in [-0.39, 0.29) is 31.0 Å². The highest BCUT2D eigenvalue weighted by molar-refractivity contribution is 9.10. The summed E-state index contributed by atoms with van der Waals surface area (Å²) >= 11 is 9.56. The first-order valence-electron chi connectivity index (χ1n) is 11.5. The predicted molar refractivity (Wildman–Crippen MR) is 144 cm³/mol. The third-order valence-electron chi connectivity index (χ3n) is 5.46. The Labute approximate surface area is 220 Å². The van der Waals surface area contributed by atoms with Gasteiger partial charge in [-0.1, -0.05) is 70.0 Å². The summed E-state index contributed by atoms with van der Waals surface area (Å²) in [7, 11) is 0. The van der Waals surface area contributed by atoms with Crippen LogP contribution in [0, 0.1) is 6.92 Å². The van der Waals surface area contributed by atoms with E-state index >= 15 is 0 Å². The molecule has 0 aliphatic rings. The van der Waals surface area contributed by atoms with Gasteiger partial charge in [-0.3, -0.25) is 9.59 Å². The maximum atomic E-state index is 13.5. The Morgan fingerprint density at radius 2 is 1.69 bits per heavy atom. The van der Waals surface area contributed by atoms with Crippen LogP contribution < -0.4 is 10.1 Å². The third-order valence-corrected chi connectivity index (χ3v) is 6.41. The van der Waals surface area contributed by atoms with Crippen molar-refractivity contribution in [2.45, 2.75) is 45.8 Å². The molecule has 1 atom stereocenters. The van der Waals surface area contributed by atoms with Crippen molar-refractivity contribution in [3.63, 3.8) is 0 Å². The lowest BCUT2D eigenvalue weighted by Gasteiger charge is -2.32. The number of amides is 2. The molecule has 0 radical (unpaired) electrons. The molecule has 3 aromatic carbocycles. The van der Waals surface area contributed by atoms with Crippen molar-refractivity contribution < 1.29 is 14.3 Å².